The fraction of sp³-hybridized carbons (Fsp3) is 0.190. The van der Waals surface area contributed by atoms with Gasteiger partial charge in [-0.15, -0.1) is 10.2 Å². The van der Waals surface area contributed by atoms with Gasteiger partial charge in [-0.3, -0.25) is 0 Å². The molecule has 0 spiro atoms. The smallest absolute Gasteiger partial charge is 0.358 e. The molecule has 154 valence electrons. The number of benzene rings is 2. The molecule has 1 N–H and O–H groups in total. The van der Waals surface area contributed by atoms with Gasteiger partial charge in [0.25, 0.3) is 0 Å². The number of aryl methyl sites for hydroxylation is 2. The second-order valence-electron chi connectivity index (χ2n) is 6.82. The highest BCUT2D eigenvalue weighted by Crippen LogP contribution is 2.07. The molecule has 30 heavy (non-hydrogen) atoms. The van der Waals surface area contributed by atoms with Crippen LogP contribution in [0.5, 0.6) is 0 Å². The van der Waals surface area contributed by atoms with Crippen LogP contribution in [0, 0.1) is 13.8 Å². The van der Waals surface area contributed by atoms with Crippen LogP contribution in [0.25, 0.3) is 0 Å². The highest BCUT2D eigenvalue weighted by molar-refractivity contribution is 9.10. The van der Waals surface area contributed by atoms with Crippen LogP contribution >= 0.6 is 15.9 Å². The van der Waals surface area contributed by atoms with E-state index in [1.54, 1.807) is 4.68 Å². The molecular weight excluding hydrogens is 448 g/mol. The third kappa shape index (κ3) is 6.35. The number of halogens is 1. The summed E-state index contributed by atoms with van der Waals surface area (Å²) in [5.41, 5.74) is 4.72. The van der Waals surface area contributed by atoms with Crippen molar-refractivity contribution in [1.82, 2.24) is 30.0 Å². The average molecular weight is 469 g/mol. The predicted octanol–water partition coefficient (Wildman–Crippen LogP) is 3.73. The van der Waals surface area contributed by atoms with Crippen LogP contribution in [-0.2, 0) is 13.1 Å². The third-order valence-electron chi connectivity index (χ3n) is 4.20. The minimum Gasteiger partial charge on any atom is -0.476 e. The quantitative estimate of drug-likeness (QED) is 0.478. The summed E-state index contributed by atoms with van der Waals surface area (Å²) in [5.74, 6) is -1.06. The molecule has 0 saturated carbocycles. The number of aromatic carboxylic acids is 1. The zero-order chi connectivity index (χ0) is 21.5. The van der Waals surface area contributed by atoms with Crippen LogP contribution in [0.4, 0.5) is 0 Å². The maximum Gasteiger partial charge on any atom is 0.358 e. The first-order valence-electron chi connectivity index (χ1n) is 9.19. The molecule has 0 amide bonds. The lowest BCUT2D eigenvalue weighted by molar-refractivity contribution is 0.0690. The number of nitrogens with zero attached hydrogens (tertiary/aromatic N) is 6. The SMILES string of the molecule is Cc1ccc(Cn2cc(Br)nn2)cc1.Cc1ccc(Cn2cc(C(=O)O)nn2)cc1. The maximum atomic E-state index is 10.6. The molecule has 2 aromatic heterocycles. The summed E-state index contributed by atoms with van der Waals surface area (Å²) in [6, 6.07) is 16.4. The lowest BCUT2D eigenvalue weighted by Gasteiger charge is -2.00. The predicted molar refractivity (Wildman–Crippen MR) is 115 cm³/mol. The summed E-state index contributed by atoms with van der Waals surface area (Å²) in [6.07, 6.45) is 3.28. The first-order valence-corrected chi connectivity index (χ1v) is 9.98. The Morgan fingerprint density at radius 3 is 1.70 bits per heavy atom. The average Bonchev–Trinajstić information content (AvgIpc) is 3.35. The van der Waals surface area contributed by atoms with Crippen molar-refractivity contribution in [2.24, 2.45) is 0 Å². The molecule has 2 aromatic carbocycles. The fourth-order valence-corrected chi connectivity index (χ4v) is 2.89. The van der Waals surface area contributed by atoms with Gasteiger partial charge in [0.05, 0.1) is 25.5 Å². The lowest BCUT2D eigenvalue weighted by Crippen LogP contribution is -2.00. The normalized spacial score (nSPS) is 10.4. The molecule has 9 heteroatoms. The van der Waals surface area contributed by atoms with E-state index in [4.69, 9.17) is 5.11 Å². The first kappa shape index (κ1) is 21.4. The van der Waals surface area contributed by atoms with Crippen LogP contribution in [-0.4, -0.2) is 41.1 Å². The van der Waals surface area contributed by atoms with E-state index in [0.717, 1.165) is 16.7 Å². The van der Waals surface area contributed by atoms with Crippen LogP contribution in [0.1, 0.15) is 32.7 Å². The molecular formula is C21H21BrN6O2. The molecule has 0 aliphatic heterocycles. The van der Waals surface area contributed by atoms with E-state index < -0.39 is 5.97 Å². The number of rotatable bonds is 5. The summed E-state index contributed by atoms with van der Waals surface area (Å²) in [7, 11) is 0. The van der Waals surface area contributed by atoms with Gasteiger partial charge in [-0.2, -0.15) is 0 Å². The molecule has 0 aliphatic carbocycles. The van der Waals surface area contributed by atoms with Crippen molar-refractivity contribution in [1.29, 1.82) is 0 Å². The number of carboxylic acid groups (broad SMARTS) is 1. The summed E-state index contributed by atoms with van der Waals surface area (Å²) >= 11 is 3.26. The van der Waals surface area contributed by atoms with Gasteiger partial charge >= 0.3 is 5.97 Å². The van der Waals surface area contributed by atoms with Crippen molar-refractivity contribution in [3.63, 3.8) is 0 Å². The van der Waals surface area contributed by atoms with Crippen LogP contribution in [0.2, 0.25) is 0 Å². The molecule has 8 nitrogen and oxygen atoms in total. The highest BCUT2D eigenvalue weighted by atomic mass is 79.9. The van der Waals surface area contributed by atoms with Crippen LogP contribution < -0.4 is 0 Å². The molecule has 0 saturated heterocycles. The van der Waals surface area contributed by atoms with Crippen molar-refractivity contribution in [2.75, 3.05) is 0 Å². The summed E-state index contributed by atoms with van der Waals surface area (Å²) < 4.78 is 4.08. The van der Waals surface area contributed by atoms with Gasteiger partial charge in [0.1, 0.15) is 4.60 Å². The van der Waals surface area contributed by atoms with Crippen molar-refractivity contribution in [2.45, 2.75) is 26.9 Å². The maximum absolute atomic E-state index is 10.6. The zero-order valence-corrected chi connectivity index (χ0v) is 18.2. The van der Waals surface area contributed by atoms with Gasteiger partial charge < -0.3 is 5.11 Å². The lowest BCUT2D eigenvalue weighted by atomic mass is 10.1. The standard InChI is InChI=1S/C11H11N3O2.C10H10BrN3/c1-8-2-4-9(5-3-8)6-14-7-10(11(15)16)12-13-14;1-8-2-4-9(5-3-8)6-14-7-10(11)12-13-14/h2-5,7H,6H2,1H3,(H,15,16);2-5,7H,6H2,1H3. The molecule has 2 heterocycles. The van der Waals surface area contributed by atoms with E-state index in [1.165, 1.54) is 27.6 Å². The molecule has 4 aromatic rings. The Bertz CT molecular complexity index is 1100. The van der Waals surface area contributed by atoms with E-state index in [0.29, 0.717) is 6.54 Å². The Kier molecular flexibility index (Phi) is 7.08. The first-order chi connectivity index (χ1) is 14.4. The molecule has 4 rings (SSSR count). The monoisotopic (exact) mass is 468 g/mol. The Morgan fingerprint density at radius 2 is 1.30 bits per heavy atom. The number of carboxylic acids is 1. The molecule has 0 bridgehead atoms. The van der Waals surface area contributed by atoms with Crippen LogP contribution in [0.15, 0.2) is 65.5 Å². The van der Waals surface area contributed by atoms with Crippen molar-refractivity contribution >= 4 is 21.9 Å². The Morgan fingerprint density at radius 1 is 0.833 bits per heavy atom. The number of hydrogen-bond acceptors (Lipinski definition) is 5. The molecule has 0 atom stereocenters. The molecule has 0 radical (unpaired) electrons. The number of carbonyl (C=O) groups is 1. The Hall–Kier alpha value is -3.33. The Balaban J connectivity index is 0.000000172. The Labute approximate surface area is 182 Å². The fourth-order valence-electron chi connectivity index (χ4n) is 2.59. The highest BCUT2D eigenvalue weighted by Gasteiger charge is 2.08. The van der Waals surface area contributed by atoms with Gasteiger partial charge in [0.15, 0.2) is 5.69 Å². The van der Waals surface area contributed by atoms with E-state index >= 15 is 0 Å². The summed E-state index contributed by atoms with van der Waals surface area (Å²) in [4.78, 5) is 10.6. The molecule has 0 unspecified atom stereocenters. The van der Waals surface area contributed by atoms with E-state index in [9.17, 15) is 4.79 Å². The molecule has 0 aliphatic rings. The minimum absolute atomic E-state index is 0.0351. The van der Waals surface area contributed by atoms with Gasteiger partial charge in [0.2, 0.25) is 0 Å². The van der Waals surface area contributed by atoms with Gasteiger partial charge in [-0.05, 0) is 40.9 Å². The van der Waals surface area contributed by atoms with Crippen molar-refractivity contribution < 1.29 is 9.90 Å². The van der Waals surface area contributed by atoms with E-state index in [1.807, 2.05) is 37.4 Å². The van der Waals surface area contributed by atoms with E-state index in [2.05, 4.69) is 67.7 Å². The summed E-state index contributed by atoms with van der Waals surface area (Å²) in [5, 5.41) is 23.8. The zero-order valence-electron chi connectivity index (χ0n) is 16.6. The van der Waals surface area contributed by atoms with E-state index in [-0.39, 0.29) is 5.69 Å². The third-order valence-corrected chi connectivity index (χ3v) is 4.56. The van der Waals surface area contributed by atoms with Gasteiger partial charge in [-0.25, -0.2) is 14.2 Å². The number of hydrogen-bond donors (Lipinski definition) is 1. The largest absolute Gasteiger partial charge is 0.476 e. The van der Waals surface area contributed by atoms with Crippen LogP contribution in [0.3, 0.4) is 0 Å². The van der Waals surface area contributed by atoms with Crippen molar-refractivity contribution in [3.8, 4) is 0 Å². The number of aromatic nitrogens is 6. The summed E-state index contributed by atoms with van der Waals surface area (Å²) in [6.45, 7) is 5.39. The molecule has 0 fully saturated rings. The van der Waals surface area contributed by atoms with Crippen molar-refractivity contribution in [3.05, 3.63) is 93.5 Å². The topological polar surface area (TPSA) is 98.7 Å². The second-order valence-corrected chi connectivity index (χ2v) is 7.63. The second kappa shape index (κ2) is 9.93. The van der Waals surface area contributed by atoms with Gasteiger partial charge in [-0.1, -0.05) is 70.1 Å². The van der Waals surface area contributed by atoms with Gasteiger partial charge in [0, 0.05) is 0 Å². The minimum atomic E-state index is -1.06.